The van der Waals surface area contributed by atoms with Crippen molar-refractivity contribution in [2.45, 2.75) is 40.7 Å². The Morgan fingerprint density at radius 3 is 2.38 bits per heavy atom. The van der Waals surface area contributed by atoms with Crippen LogP contribution in [0.3, 0.4) is 0 Å². The van der Waals surface area contributed by atoms with E-state index in [2.05, 4.69) is 18.9 Å². The van der Waals surface area contributed by atoms with Gasteiger partial charge >= 0.3 is 5.69 Å². The van der Waals surface area contributed by atoms with E-state index in [0.717, 1.165) is 19.5 Å². The van der Waals surface area contributed by atoms with Crippen LogP contribution in [0.25, 0.3) is 0 Å². The molecule has 7 nitrogen and oxygen atoms in total. The van der Waals surface area contributed by atoms with Gasteiger partial charge < -0.3 is 4.90 Å². The fraction of sp³-hybridized carbons (Fsp3) is 0.714. The van der Waals surface area contributed by atoms with Crippen LogP contribution in [0.5, 0.6) is 0 Å². The van der Waals surface area contributed by atoms with Gasteiger partial charge in [-0.15, -0.1) is 0 Å². The highest BCUT2D eigenvalue weighted by Gasteiger charge is 2.28. The van der Waals surface area contributed by atoms with Gasteiger partial charge in [-0.25, -0.2) is 0 Å². The molecule has 1 saturated heterocycles. The number of aryl methyl sites for hydroxylation is 1. The minimum absolute atomic E-state index is 0.00294. The number of nitro groups is 1. The van der Waals surface area contributed by atoms with E-state index in [0.29, 0.717) is 23.2 Å². The Morgan fingerprint density at radius 1 is 1.33 bits per heavy atom. The van der Waals surface area contributed by atoms with Crippen molar-refractivity contribution in [3.63, 3.8) is 0 Å². The zero-order valence-corrected chi connectivity index (χ0v) is 13.0. The standard InChI is InChI=1S/C14H22N4O3/c1-9-5-10(2)7-16(6-9)13(19)8-17-12(4)14(18(20)21)11(3)15-17/h9-10H,5-8H2,1-4H3/t9-,10-/m0/s1. The molecule has 1 fully saturated rings. The first-order chi connectivity index (χ1) is 9.79. The third-order valence-electron chi connectivity index (χ3n) is 4.03. The lowest BCUT2D eigenvalue weighted by molar-refractivity contribution is -0.386. The van der Waals surface area contributed by atoms with Gasteiger partial charge in [-0.3, -0.25) is 19.6 Å². The summed E-state index contributed by atoms with van der Waals surface area (Å²) < 4.78 is 1.44. The Bertz CT molecular complexity index is 557. The highest BCUT2D eigenvalue weighted by molar-refractivity contribution is 5.76. The smallest absolute Gasteiger partial charge is 0.312 e. The zero-order valence-electron chi connectivity index (χ0n) is 13.0. The van der Waals surface area contributed by atoms with E-state index < -0.39 is 4.92 Å². The summed E-state index contributed by atoms with van der Waals surface area (Å²) in [7, 11) is 0. The summed E-state index contributed by atoms with van der Waals surface area (Å²) in [6.07, 6.45) is 1.13. The van der Waals surface area contributed by atoms with Crippen molar-refractivity contribution in [2.75, 3.05) is 13.1 Å². The molecule has 0 bridgehead atoms. The average Bonchev–Trinajstić information content (AvgIpc) is 2.63. The minimum Gasteiger partial charge on any atom is -0.341 e. The van der Waals surface area contributed by atoms with Crippen molar-refractivity contribution < 1.29 is 9.72 Å². The SMILES string of the molecule is Cc1nn(CC(=O)N2C[C@@H](C)C[C@H](C)C2)c(C)c1[N+](=O)[O-]. The zero-order chi connectivity index (χ0) is 15.7. The Morgan fingerprint density at radius 2 is 1.90 bits per heavy atom. The largest absolute Gasteiger partial charge is 0.341 e. The summed E-state index contributed by atoms with van der Waals surface area (Å²) in [5, 5.41) is 15.1. The molecular weight excluding hydrogens is 272 g/mol. The predicted molar refractivity (Wildman–Crippen MR) is 77.9 cm³/mol. The monoisotopic (exact) mass is 294 g/mol. The molecule has 1 aliphatic rings. The van der Waals surface area contributed by atoms with E-state index >= 15 is 0 Å². The lowest BCUT2D eigenvalue weighted by Gasteiger charge is -2.35. The van der Waals surface area contributed by atoms with E-state index in [4.69, 9.17) is 0 Å². The van der Waals surface area contributed by atoms with Crippen LogP contribution in [0.2, 0.25) is 0 Å². The van der Waals surface area contributed by atoms with Crippen molar-refractivity contribution in [3.05, 3.63) is 21.5 Å². The number of piperidine rings is 1. The van der Waals surface area contributed by atoms with E-state index in [9.17, 15) is 14.9 Å². The number of carbonyl (C=O) groups is 1. The predicted octanol–water partition coefficient (Wildman–Crippen LogP) is 1.91. The summed E-state index contributed by atoms with van der Waals surface area (Å²) in [6, 6.07) is 0. The first-order valence-electron chi connectivity index (χ1n) is 7.25. The normalized spacial score (nSPS) is 22.4. The van der Waals surface area contributed by atoms with Crippen LogP contribution in [0.4, 0.5) is 5.69 Å². The maximum atomic E-state index is 12.4. The third kappa shape index (κ3) is 3.22. The van der Waals surface area contributed by atoms with Gasteiger partial charge in [0.05, 0.1) is 4.92 Å². The molecule has 1 aromatic heterocycles. The molecule has 1 aliphatic heterocycles. The van der Waals surface area contributed by atoms with Crippen molar-refractivity contribution >= 4 is 11.6 Å². The quantitative estimate of drug-likeness (QED) is 0.630. The molecule has 1 amide bonds. The number of carbonyl (C=O) groups excluding carboxylic acids is 1. The van der Waals surface area contributed by atoms with Crippen LogP contribution in [0.15, 0.2) is 0 Å². The van der Waals surface area contributed by atoms with Crippen molar-refractivity contribution in [3.8, 4) is 0 Å². The first-order valence-corrected chi connectivity index (χ1v) is 7.25. The summed E-state index contributed by atoms with van der Waals surface area (Å²) >= 11 is 0. The van der Waals surface area contributed by atoms with Gasteiger partial charge in [0.1, 0.15) is 17.9 Å². The maximum absolute atomic E-state index is 12.4. The second-order valence-electron chi connectivity index (χ2n) is 6.18. The Kier molecular flexibility index (Phi) is 4.29. The minimum atomic E-state index is -0.441. The van der Waals surface area contributed by atoms with Gasteiger partial charge in [0.2, 0.25) is 5.91 Å². The number of likely N-dealkylation sites (tertiary alicyclic amines) is 1. The van der Waals surface area contributed by atoms with Gasteiger partial charge in [0.15, 0.2) is 0 Å². The van der Waals surface area contributed by atoms with Crippen LogP contribution in [-0.2, 0) is 11.3 Å². The lowest BCUT2D eigenvalue weighted by Crippen LogP contribution is -2.44. The summed E-state index contributed by atoms with van der Waals surface area (Å²) in [4.78, 5) is 24.8. The maximum Gasteiger partial charge on any atom is 0.312 e. The van der Waals surface area contributed by atoms with Gasteiger partial charge in [-0.2, -0.15) is 5.10 Å². The molecule has 0 aliphatic carbocycles. The van der Waals surface area contributed by atoms with E-state index in [-0.39, 0.29) is 18.1 Å². The lowest BCUT2D eigenvalue weighted by atomic mass is 9.92. The van der Waals surface area contributed by atoms with Crippen LogP contribution in [-0.4, -0.2) is 38.6 Å². The van der Waals surface area contributed by atoms with E-state index in [1.54, 1.807) is 13.8 Å². The van der Waals surface area contributed by atoms with E-state index in [1.807, 2.05) is 4.90 Å². The molecule has 0 aromatic carbocycles. The average molecular weight is 294 g/mol. The van der Waals surface area contributed by atoms with Crippen molar-refractivity contribution in [2.24, 2.45) is 11.8 Å². The molecule has 2 atom stereocenters. The Balaban J connectivity index is 2.13. The van der Waals surface area contributed by atoms with Gasteiger partial charge in [0, 0.05) is 13.1 Å². The molecular formula is C14H22N4O3. The van der Waals surface area contributed by atoms with Crippen LogP contribution >= 0.6 is 0 Å². The van der Waals surface area contributed by atoms with Crippen LogP contribution in [0.1, 0.15) is 31.7 Å². The molecule has 0 radical (unpaired) electrons. The number of amides is 1. The number of hydrogen-bond donors (Lipinski definition) is 0. The molecule has 21 heavy (non-hydrogen) atoms. The molecule has 116 valence electrons. The summed E-state index contributed by atoms with van der Waals surface area (Å²) in [5.74, 6) is 0.967. The van der Waals surface area contributed by atoms with Gasteiger partial charge in [-0.05, 0) is 32.1 Å². The van der Waals surface area contributed by atoms with Gasteiger partial charge in [0.25, 0.3) is 0 Å². The first kappa shape index (κ1) is 15.5. The molecule has 1 aromatic rings. The topological polar surface area (TPSA) is 81.3 Å². The molecule has 2 heterocycles. The highest BCUT2D eigenvalue weighted by Crippen LogP contribution is 2.23. The summed E-state index contributed by atoms with van der Waals surface area (Å²) in [6.45, 7) is 9.09. The number of hydrogen-bond acceptors (Lipinski definition) is 4. The van der Waals surface area contributed by atoms with Crippen molar-refractivity contribution in [1.29, 1.82) is 0 Å². The number of nitrogens with zero attached hydrogens (tertiary/aromatic N) is 4. The third-order valence-corrected chi connectivity index (χ3v) is 4.03. The molecule has 0 spiro atoms. The fourth-order valence-corrected chi connectivity index (χ4v) is 3.20. The molecule has 0 unspecified atom stereocenters. The number of aromatic nitrogens is 2. The van der Waals surface area contributed by atoms with Crippen LogP contribution in [0, 0.1) is 35.8 Å². The molecule has 0 N–H and O–H groups in total. The molecule has 7 heteroatoms. The summed E-state index contributed by atoms with van der Waals surface area (Å²) in [5.41, 5.74) is 0.790. The molecule has 0 saturated carbocycles. The van der Waals surface area contributed by atoms with Crippen molar-refractivity contribution in [1.82, 2.24) is 14.7 Å². The van der Waals surface area contributed by atoms with Gasteiger partial charge in [-0.1, -0.05) is 13.8 Å². The highest BCUT2D eigenvalue weighted by atomic mass is 16.6. The van der Waals surface area contributed by atoms with E-state index in [1.165, 1.54) is 4.68 Å². The second kappa shape index (κ2) is 5.83. The Hall–Kier alpha value is -1.92. The molecule has 2 rings (SSSR count). The fourth-order valence-electron chi connectivity index (χ4n) is 3.20. The second-order valence-corrected chi connectivity index (χ2v) is 6.18. The Labute approximate surface area is 124 Å². The van der Waals surface area contributed by atoms with Crippen LogP contribution < -0.4 is 0 Å². The number of rotatable bonds is 3.